The Morgan fingerprint density at radius 1 is 1.18 bits per heavy atom. The van der Waals surface area contributed by atoms with Gasteiger partial charge in [0.05, 0.1) is 6.04 Å². The van der Waals surface area contributed by atoms with Crippen LogP contribution in [-0.4, -0.2) is 31.3 Å². The standard InChI is InChI=1S/C13H26N2O2/c1-10(2)9-13(17)15-8-6-5-7-12(14-4)11(3)16/h10,12,14H,5-9H2,1-4H3,(H,15,17)/t12-/m0/s1. The molecule has 0 aromatic heterocycles. The third-order valence-corrected chi connectivity index (χ3v) is 2.67. The predicted molar refractivity (Wildman–Crippen MR) is 69.8 cm³/mol. The number of Topliss-reactive ketones (excluding diaryl/α,β-unsaturated/α-hetero) is 1. The summed E-state index contributed by atoms with van der Waals surface area (Å²) in [4.78, 5) is 22.5. The Morgan fingerprint density at radius 2 is 1.82 bits per heavy atom. The highest BCUT2D eigenvalue weighted by Gasteiger charge is 2.10. The van der Waals surface area contributed by atoms with Crippen molar-refractivity contribution in [1.82, 2.24) is 10.6 Å². The van der Waals surface area contributed by atoms with E-state index in [-0.39, 0.29) is 17.7 Å². The van der Waals surface area contributed by atoms with Gasteiger partial charge >= 0.3 is 0 Å². The summed E-state index contributed by atoms with van der Waals surface area (Å²) in [5.74, 6) is 0.703. The van der Waals surface area contributed by atoms with Crippen molar-refractivity contribution in [3.05, 3.63) is 0 Å². The van der Waals surface area contributed by atoms with Gasteiger partial charge in [0.25, 0.3) is 0 Å². The number of amides is 1. The summed E-state index contributed by atoms with van der Waals surface area (Å²) in [6, 6.07) is -0.0404. The van der Waals surface area contributed by atoms with Crippen LogP contribution in [-0.2, 0) is 9.59 Å². The molecule has 4 heteroatoms. The van der Waals surface area contributed by atoms with Crippen LogP contribution in [0.5, 0.6) is 0 Å². The number of rotatable bonds is 9. The molecular weight excluding hydrogens is 216 g/mol. The lowest BCUT2D eigenvalue weighted by Crippen LogP contribution is -2.32. The zero-order chi connectivity index (χ0) is 13.3. The Bertz CT molecular complexity index is 240. The highest BCUT2D eigenvalue weighted by molar-refractivity contribution is 5.81. The summed E-state index contributed by atoms with van der Waals surface area (Å²) < 4.78 is 0. The van der Waals surface area contributed by atoms with Gasteiger partial charge in [0.15, 0.2) is 0 Å². The normalized spacial score (nSPS) is 12.5. The highest BCUT2D eigenvalue weighted by Crippen LogP contribution is 2.02. The van der Waals surface area contributed by atoms with Gasteiger partial charge in [0, 0.05) is 13.0 Å². The number of likely N-dealkylation sites (N-methyl/N-ethyl adjacent to an activating group) is 1. The van der Waals surface area contributed by atoms with Crippen LogP contribution in [0.4, 0.5) is 0 Å². The molecule has 1 atom stereocenters. The van der Waals surface area contributed by atoms with Crippen LogP contribution in [0.15, 0.2) is 0 Å². The van der Waals surface area contributed by atoms with E-state index in [0.717, 1.165) is 19.3 Å². The first-order chi connectivity index (χ1) is 7.97. The van der Waals surface area contributed by atoms with Crippen LogP contribution in [0.25, 0.3) is 0 Å². The van der Waals surface area contributed by atoms with Crippen molar-refractivity contribution in [2.24, 2.45) is 5.92 Å². The molecule has 100 valence electrons. The first kappa shape index (κ1) is 16.1. The fraction of sp³-hybridized carbons (Fsp3) is 0.846. The Kier molecular flexibility index (Phi) is 8.68. The minimum absolute atomic E-state index is 0.0404. The first-order valence-electron chi connectivity index (χ1n) is 6.41. The molecular formula is C13H26N2O2. The molecule has 0 bridgehead atoms. The van der Waals surface area contributed by atoms with Gasteiger partial charge in [-0.1, -0.05) is 13.8 Å². The molecule has 0 aliphatic heterocycles. The van der Waals surface area contributed by atoms with Crippen molar-refractivity contribution in [1.29, 1.82) is 0 Å². The van der Waals surface area contributed by atoms with Gasteiger partial charge in [-0.05, 0) is 39.2 Å². The summed E-state index contributed by atoms with van der Waals surface area (Å²) in [5, 5.41) is 5.88. The number of carbonyl (C=O) groups is 2. The maximum absolute atomic E-state index is 11.3. The maximum atomic E-state index is 11.3. The third kappa shape index (κ3) is 8.86. The monoisotopic (exact) mass is 242 g/mol. The molecule has 0 saturated carbocycles. The minimum Gasteiger partial charge on any atom is -0.356 e. The van der Waals surface area contributed by atoms with E-state index < -0.39 is 0 Å². The van der Waals surface area contributed by atoms with E-state index in [9.17, 15) is 9.59 Å². The van der Waals surface area contributed by atoms with Crippen LogP contribution in [0.1, 0.15) is 46.5 Å². The number of carbonyl (C=O) groups excluding carboxylic acids is 2. The molecule has 2 N–H and O–H groups in total. The van der Waals surface area contributed by atoms with Crippen molar-refractivity contribution < 1.29 is 9.59 Å². The summed E-state index contributed by atoms with van der Waals surface area (Å²) in [5.41, 5.74) is 0. The Labute approximate surface area is 105 Å². The Morgan fingerprint density at radius 3 is 2.29 bits per heavy atom. The molecule has 0 saturated heterocycles. The zero-order valence-electron chi connectivity index (χ0n) is 11.5. The van der Waals surface area contributed by atoms with E-state index in [4.69, 9.17) is 0 Å². The Balaban J connectivity index is 3.52. The summed E-state index contributed by atoms with van der Waals surface area (Å²) >= 11 is 0. The number of ketones is 1. The van der Waals surface area contributed by atoms with Crippen LogP contribution in [0.2, 0.25) is 0 Å². The number of hydrogen-bond acceptors (Lipinski definition) is 3. The molecule has 0 aliphatic rings. The van der Waals surface area contributed by atoms with Gasteiger partial charge in [0.1, 0.15) is 5.78 Å². The number of unbranched alkanes of at least 4 members (excludes halogenated alkanes) is 1. The van der Waals surface area contributed by atoms with Gasteiger partial charge in [-0.2, -0.15) is 0 Å². The molecule has 0 fully saturated rings. The second-order valence-electron chi connectivity index (χ2n) is 4.90. The minimum atomic E-state index is -0.0404. The van der Waals surface area contributed by atoms with E-state index in [0.29, 0.717) is 18.9 Å². The van der Waals surface area contributed by atoms with E-state index in [1.54, 1.807) is 14.0 Å². The largest absolute Gasteiger partial charge is 0.356 e. The second-order valence-corrected chi connectivity index (χ2v) is 4.90. The number of hydrogen-bond donors (Lipinski definition) is 2. The molecule has 0 rings (SSSR count). The lowest BCUT2D eigenvalue weighted by atomic mass is 10.1. The molecule has 0 heterocycles. The topological polar surface area (TPSA) is 58.2 Å². The molecule has 0 radical (unpaired) electrons. The summed E-state index contributed by atoms with van der Waals surface area (Å²) in [6.07, 6.45) is 3.31. The SMILES string of the molecule is CN[C@@H](CCCCNC(=O)CC(C)C)C(C)=O. The molecule has 4 nitrogen and oxygen atoms in total. The second kappa shape index (κ2) is 9.16. The van der Waals surface area contributed by atoms with E-state index in [1.165, 1.54) is 0 Å². The maximum Gasteiger partial charge on any atom is 0.220 e. The smallest absolute Gasteiger partial charge is 0.220 e. The lowest BCUT2D eigenvalue weighted by Gasteiger charge is -2.12. The third-order valence-electron chi connectivity index (χ3n) is 2.67. The molecule has 17 heavy (non-hydrogen) atoms. The van der Waals surface area contributed by atoms with Crippen molar-refractivity contribution >= 4 is 11.7 Å². The first-order valence-corrected chi connectivity index (χ1v) is 6.41. The molecule has 0 aromatic carbocycles. The van der Waals surface area contributed by atoms with E-state index in [1.807, 2.05) is 13.8 Å². The Hall–Kier alpha value is -0.900. The van der Waals surface area contributed by atoms with Gasteiger partial charge in [-0.25, -0.2) is 0 Å². The fourth-order valence-electron chi connectivity index (χ4n) is 1.70. The van der Waals surface area contributed by atoms with Crippen LogP contribution < -0.4 is 10.6 Å². The van der Waals surface area contributed by atoms with E-state index in [2.05, 4.69) is 10.6 Å². The molecule has 0 spiro atoms. The molecule has 1 amide bonds. The molecule has 0 aromatic rings. The predicted octanol–water partition coefficient (Wildman–Crippen LogP) is 1.50. The summed E-state index contributed by atoms with van der Waals surface area (Å²) in [6.45, 7) is 6.37. The number of nitrogens with one attached hydrogen (secondary N) is 2. The zero-order valence-corrected chi connectivity index (χ0v) is 11.5. The van der Waals surface area contributed by atoms with Crippen molar-refractivity contribution in [2.45, 2.75) is 52.5 Å². The van der Waals surface area contributed by atoms with Crippen molar-refractivity contribution in [3.63, 3.8) is 0 Å². The fourth-order valence-corrected chi connectivity index (χ4v) is 1.70. The van der Waals surface area contributed by atoms with E-state index >= 15 is 0 Å². The highest BCUT2D eigenvalue weighted by atomic mass is 16.1. The van der Waals surface area contributed by atoms with Crippen molar-refractivity contribution in [3.8, 4) is 0 Å². The average Bonchev–Trinajstić information content (AvgIpc) is 2.21. The molecule has 0 unspecified atom stereocenters. The lowest BCUT2D eigenvalue weighted by molar-refractivity contribution is -0.122. The van der Waals surface area contributed by atoms with Gasteiger partial charge < -0.3 is 10.6 Å². The van der Waals surface area contributed by atoms with Crippen LogP contribution in [0.3, 0.4) is 0 Å². The quantitative estimate of drug-likeness (QED) is 0.602. The van der Waals surface area contributed by atoms with Gasteiger partial charge in [-0.15, -0.1) is 0 Å². The summed E-state index contributed by atoms with van der Waals surface area (Å²) in [7, 11) is 1.80. The van der Waals surface area contributed by atoms with Gasteiger partial charge in [-0.3, -0.25) is 9.59 Å². The van der Waals surface area contributed by atoms with Crippen LogP contribution >= 0.6 is 0 Å². The van der Waals surface area contributed by atoms with Crippen LogP contribution in [0, 0.1) is 5.92 Å². The van der Waals surface area contributed by atoms with Crippen molar-refractivity contribution in [2.75, 3.05) is 13.6 Å². The van der Waals surface area contributed by atoms with Gasteiger partial charge in [0.2, 0.25) is 5.91 Å². The average molecular weight is 242 g/mol. The molecule has 0 aliphatic carbocycles.